The highest BCUT2D eigenvalue weighted by molar-refractivity contribution is 6.07. The van der Waals surface area contributed by atoms with Gasteiger partial charge in [0.2, 0.25) is 0 Å². The third-order valence-electron chi connectivity index (χ3n) is 6.58. The standard InChI is InChI=1S/C30H28N2O6/c1-19-26(29(33)37-3)28(23-14-9-15-24(18-23)32(35)36)27(20(2)31-19)30(34)38-17-7-6-11-22-13-8-12-21-10-4-5-16-25(21)22/h4-6,8-16,18,26,28H,7,17H2,1-3H3. The number of methoxy groups -OCH3 is 1. The first-order valence-corrected chi connectivity index (χ1v) is 12.2. The van der Waals surface area contributed by atoms with Gasteiger partial charge >= 0.3 is 11.9 Å². The van der Waals surface area contributed by atoms with E-state index in [9.17, 15) is 19.7 Å². The largest absolute Gasteiger partial charge is 0.468 e. The number of esters is 2. The van der Waals surface area contributed by atoms with Crippen molar-refractivity contribution in [3.63, 3.8) is 0 Å². The lowest BCUT2D eigenvalue weighted by Gasteiger charge is -2.31. The molecule has 3 aromatic rings. The number of allylic oxidation sites excluding steroid dienone is 1. The minimum absolute atomic E-state index is 0.115. The monoisotopic (exact) mass is 512 g/mol. The molecule has 0 fully saturated rings. The van der Waals surface area contributed by atoms with E-state index in [0.29, 0.717) is 23.4 Å². The van der Waals surface area contributed by atoms with E-state index in [1.807, 2.05) is 36.4 Å². The molecule has 0 aromatic heterocycles. The van der Waals surface area contributed by atoms with Gasteiger partial charge in [0.1, 0.15) is 5.92 Å². The van der Waals surface area contributed by atoms with Gasteiger partial charge in [-0.3, -0.25) is 19.9 Å². The molecule has 1 aliphatic rings. The summed E-state index contributed by atoms with van der Waals surface area (Å²) in [5.41, 5.74) is 2.40. The Hall–Kier alpha value is -4.59. The smallest absolute Gasteiger partial charge is 0.336 e. The number of rotatable bonds is 8. The number of nitrogens with zero attached hydrogens (tertiary/aromatic N) is 2. The van der Waals surface area contributed by atoms with Crippen molar-refractivity contribution in [2.24, 2.45) is 10.9 Å². The van der Waals surface area contributed by atoms with Gasteiger partial charge in [-0.1, -0.05) is 66.7 Å². The molecule has 2 atom stereocenters. The van der Waals surface area contributed by atoms with E-state index in [-0.39, 0.29) is 17.9 Å². The van der Waals surface area contributed by atoms with Crippen LogP contribution in [-0.4, -0.2) is 36.3 Å². The molecule has 0 spiro atoms. The van der Waals surface area contributed by atoms with Gasteiger partial charge in [-0.25, -0.2) is 4.79 Å². The van der Waals surface area contributed by atoms with Crippen molar-refractivity contribution < 1.29 is 24.0 Å². The molecule has 8 heteroatoms. The summed E-state index contributed by atoms with van der Waals surface area (Å²) in [5, 5.41) is 13.7. The van der Waals surface area contributed by atoms with Gasteiger partial charge in [0.25, 0.3) is 5.69 Å². The molecular weight excluding hydrogens is 484 g/mol. The highest BCUT2D eigenvalue weighted by Crippen LogP contribution is 2.41. The number of ether oxygens (including phenoxy) is 2. The number of fused-ring (bicyclic) bond motifs is 1. The fraction of sp³-hybridized carbons (Fsp3) is 0.233. The first-order valence-electron chi connectivity index (χ1n) is 12.2. The molecule has 1 aliphatic heterocycles. The molecule has 0 saturated carbocycles. The summed E-state index contributed by atoms with van der Waals surface area (Å²) in [5.74, 6) is -2.96. The average Bonchev–Trinajstić information content (AvgIpc) is 2.92. The lowest BCUT2D eigenvalue weighted by atomic mass is 9.75. The van der Waals surface area contributed by atoms with Crippen LogP contribution in [0.15, 0.2) is 89.1 Å². The van der Waals surface area contributed by atoms with Crippen LogP contribution < -0.4 is 0 Å². The van der Waals surface area contributed by atoms with Gasteiger partial charge in [0.15, 0.2) is 0 Å². The molecule has 0 saturated heterocycles. The SMILES string of the molecule is COC(=O)C1C(C)=NC(C)=C(C(=O)OCCC=Cc2cccc3ccccc23)C1c1cccc([N+](=O)[O-])c1. The molecular formula is C30H28N2O6. The molecule has 194 valence electrons. The van der Waals surface area contributed by atoms with E-state index in [1.165, 1.54) is 25.3 Å². The zero-order valence-electron chi connectivity index (χ0n) is 21.4. The number of hydrogen-bond acceptors (Lipinski definition) is 7. The van der Waals surface area contributed by atoms with Crippen molar-refractivity contribution in [1.82, 2.24) is 0 Å². The summed E-state index contributed by atoms with van der Waals surface area (Å²) >= 11 is 0. The number of nitro benzene ring substituents is 1. The Morgan fingerprint density at radius 1 is 1.05 bits per heavy atom. The Kier molecular flexibility index (Phi) is 8.11. The molecule has 3 aromatic carbocycles. The number of carbonyl (C=O) groups excluding carboxylic acids is 2. The second-order valence-corrected chi connectivity index (χ2v) is 8.98. The normalized spacial score (nSPS) is 17.4. The van der Waals surface area contributed by atoms with E-state index in [4.69, 9.17) is 9.47 Å². The van der Waals surface area contributed by atoms with E-state index >= 15 is 0 Å². The molecule has 0 N–H and O–H groups in total. The van der Waals surface area contributed by atoms with Gasteiger partial charge in [-0.15, -0.1) is 0 Å². The zero-order chi connectivity index (χ0) is 27.2. The molecule has 0 bridgehead atoms. The maximum Gasteiger partial charge on any atom is 0.336 e. The van der Waals surface area contributed by atoms with Crippen LogP contribution in [0.5, 0.6) is 0 Å². The fourth-order valence-corrected chi connectivity index (χ4v) is 4.83. The molecule has 4 rings (SSSR count). The van der Waals surface area contributed by atoms with E-state index in [0.717, 1.165) is 16.3 Å². The van der Waals surface area contributed by atoms with Gasteiger partial charge in [0.05, 0.1) is 24.2 Å². The third-order valence-corrected chi connectivity index (χ3v) is 6.58. The lowest BCUT2D eigenvalue weighted by molar-refractivity contribution is -0.384. The highest BCUT2D eigenvalue weighted by atomic mass is 16.6. The Morgan fingerprint density at radius 3 is 2.55 bits per heavy atom. The van der Waals surface area contributed by atoms with Crippen LogP contribution in [-0.2, 0) is 19.1 Å². The van der Waals surface area contributed by atoms with Crippen LogP contribution >= 0.6 is 0 Å². The van der Waals surface area contributed by atoms with Crippen LogP contribution in [0.4, 0.5) is 5.69 Å². The maximum absolute atomic E-state index is 13.3. The van der Waals surface area contributed by atoms with Crippen molar-refractivity contribution in [1.29, 1.82) is 0 Å². The van der Waals surface area contributed by atoms with Crippen LogP contribution in [0.2, 0.25) is 0 Å². The van der Waals surface area contributed by atoms with Crippen LogP contribution in [0.3, 0.4) is 0 Å². The second kappa shape index (κ2) is 11.6. The fourth-order valence-electron chi connectivity index (χ4n) is 4.83. The van der Waals surface area contributed by atoms with Gasteiger partial charge < -0.3 is 9.47 Å². The summed E-state index contributed by atoms with van der Waals surface area (Å²) in [4.78, 5) is 41.4. The van der Waals surface area contributed by atoms with Crippen molar-refractivity contribution in [3.05, 3.63) is 105 Å². The van der Waals surface area contributed by atoms with Gasteiger partial charge in [-0.05, 0) is 42.2 Å². The van der Waals surface area contributed by atoms with E-state index in [2.05, 4.69) is 23.2 Å². The summed E-state index contributed by atoms with van der Waals surface area (Å²) in [7, 11) is 1.26. The molecule has 2 unspecified atom stereocenters. The number of non-ortho nitro benzene ring substituents is 1. The Morgan fingerprint density at radius 2 is 1.79 bits per heavy atom. The Balaban J connectivity index is 1.55. The lowest BCUT2D eigenvalue weighted by Crippen LogP contribution is -2.36. The number of nitro groups is 1. The number of aliphatic imine (C=N–C) groups is 1. The number of carbonyl (C=O) groups is 2. The number of hydrogen-bond donors (Lipinski definition) is 0. The van der Waals surface area contributed by atoms with Crippen molar-refractivity contribution in [3.8, 4) is 0 Å². The molecule has 0 radical (unpaired) electrons. The minimum Gasteiger partial charge on any atom is -0.468 e. The van der Waals surface area contributed by atoms with Gasteiger partial charge in [0, 0.05) is 29.5 Å². The zero-order valence-corrected chi connectivity index (χ0v) is 21.4. The Bertz CT molecular complexity index is 1480. The summed E-state index contributed by atoms with van der Waals surface area (Å²) < 4.78 is 10.6. The van der Waals surface area contributed by atoms with Crippen LogP contribution in [0, 0.1) is 16.0 Å². The van der Waals surface area contributed by atoms with Crippen molar-refractivity contribution in [2.45, 2.75) is 26.2 Å². The third kappa shape index (κ3) is 5.54. The minimum atomic E-state index is -0.917. The molecule has 8 nitrogen and oxygen atoms in total. The van der Waals surface area contributed by atoms with Crippen molar-refractivity contribution in [2.75, 3.05) is 13.7 Å². The van der Waals surface area contributed by atoms with Crippen LogP contribution in [0.25, 0.3) is 16.8 Å². The van der Waals surface area contributed by atoms with E-state index < -0.39 is 28.7 Å². The predicted molar refractivity (Wildman–Crippen MR) is 146 cm³/mol. The molecule has 38 heavy (non-hydrogen) atoms. The van der Waals surface area contributed by atoms with Gasteiger partial charge in [-0.2, -0.15) is 0 Å². The first-order chi connectivity index (χ1) is 18.3. The molecule has 1 heterocycles. The second-order valence-electron chi connectivity index (χ2n) is 8.98. The highest BCUT2D eigenvalue weighted by Gasteiger charge is 2.42. The topological polar surface area (TPSA) is 108 Å². The summed E-state index contributed by atoms with van der Waals surface area (Å²) in [6, 6.07) is 20.1. The summed E-state index contributed by atoms with van der Waals surface area (Å²) in [6.07, 6.45) is 4.41. The number of benzene rings is 3. The van der Waals surface area contributed by atoms with Crippen molar-refractivity contribution >= 4 is 40.2 Å². The first kappa shape index (κ1) is 26.5. The quantitative estimate of drug-likeness (QED) is 0.158. The summed E-state index contributed by atoms with van der Waals surface area (Å²) in [6.45, 7) is 3.46. The Labute approximate surface area is 220 Å². The van der Waals surface area contributed by atoms with E-state index in [1.54, 1.807) is 19.9 Å². The van der Waals surface area contributed by atoms with Crippen LogP contribution in [0.1, 0.15) is 37.3 Å². The maximum atomic E-state index is 13.3. The molecule has 0 aliphatic carbocycles. The predicted octanol–water partition coefficient (Wildman–Crippen LogP) is 6.02. The average molecular weight is 513 g/mol. The molecule has 0 amide bonds.